The fraction of sp³-hybridized carbons (Fsp3) is 0.647. The van der Waals surface area contributed by atoms with Gasteiger partial charge in [-0.05, 0) is 72.4 Å². The maximum absolute atomic E-state index is 6.07. The predicted octanol–water partition coefficient (Wildman–Crippen LogP) is 4.36. The molecule has 0 aliphatic heterocycles. The van der Waals surface area contributed by atoms with Gasteiger partial charge in [-0.2, -0.15) is 0 Å². The lowest BCUT2D eigenvalue weighted by molar-refractivity contribution is 0.115. The van der Waals surface area contributed by atoms with Crippen LogP contribution in [0.4, 0.5) is 11.4 Å². The summed E-state index contributed by atoms with van der Waals surface area (Å²) in [5, 5.41) is 0. The van der Waals surface area contributed by atoms with Gasteiger partial charge < -0.3 is 18.7 Å². The first kappa shape index (κ1) is 19.0. The first-order chi connectivity index (χ1) is 10.3. The summed E-state index contributed by atoms with van der Waals surface area (Å²) in [6.07, 6.45) is 0.274. The highest BCUT2D eigenvalue weighted by Gasteiger charge is 2.35. The van der Waals surface area contributed by atoms with Crippen molar-refractivity contribution < 1.29 is 8.85 Å². The van der Waals surface area contributed by atoms with Crippen molar-refractivity contribution in [2.24, 2.45) is 0 Å². The third kappa shape index (κ3) is 5.99. The standard InChI is InChI=1S/C17H32N2O2Si/c1-8-19(9-2)17-12-10-16(11-13-17)18-22(7,20-14(3)4)21-15(5)6/h10-15,18H,8-9H2,1-7H3. The zero-order valence-corrected chi connectivity index (χ0v) is 16.1. The largest absolute Gasteiger partial charge is 0.454 e. The van der Waals surface area contributed by atoms with Gasteiger partial charge in [-0.25, -0.2) is 0 Å². The number of nitrogens with zero attached hydrogens (tertiary/aromatic N) is 1. The summed E-state index contributed by atoms with van der Waals surface area (Å²) in [7, 11) is -2.44. The fourth-order valence-electron chi connectivity index (χ4n) is 2.59. The van der Waals surface area contributed by atoms with Gasteiger partial charge in [0.05, 0.1) is 0 Å². The molecule has 126 valence electrons. The molecule has 0 fully saturated rings. The molecule has 1 N–H and O–H groups in total. The molecule has 0 saturated heterocycles. The summed E-state index contributed by atoms with van der Waals surface area (Å²) >= 11 is 0. The van der Waals surface area contributed by atoms with E-state index in [0.717, 1.165) is 18.8 Å². The van der Waals surface area contributed by atoms with Crippen LogP contribution in [0.3, 0.4) is 0 Å². The number of hydrogen-bond acceptors (Lipinski definition) is 4. The molecule has 0 aliphatic carbocycles. The van der Waals surface area contributed by atoms with E-state index in [1.807, 2.05) is 27.7 Å². The highest BCUT2D eigenvalue weighted by atomic mass is 28.4. The van der Waals surface area contributed by atoms with E-state index in [1.165, 1.54) is 5.69 Å². The summed E-state index contributed by atoms with van der Waals surface area (Å²) in [5.74, 6) is 0. The lowest BCUT2D eigenvalue weighted by Gasteiger charge is -2.32. The molecule has 1 rings (SSSR count). The van der Waals surface area contributed by atoms with E-state index in [4.69, 9.17) is 8.85 Å². The van der Waals surface area contributed by atoms with E-state index in [-0.39, 0.29) is 12.2 Å². The van der Waals surface area contributed by atoms with Crippen LogP contribution in [-0.4, -0.2) is 34.0 Å². The summed E-state index contributed by atoms with van der Waals surface area (Å²) in [6, 6.07) is 8.50. The molecule has 1 aromatic rings. The zero-order valence-electron chi connectivity index (χ0n) is 15.1. The first-order valence-corrected chi connectivity index (χ1v) is 10.6. The van der Waals surface area contributed by atoms with Gasteiger partial charge >= 0.3 is 8.72 Å². The molecule has 0 heterocycles. The summed E-state index contributed by atoms with van der Waals surface area (Å²) in [5.41, 5.74) is 2.29. The molecule has 4 nitrogen and oxygen atoms in total. The molecule has 0 aliphatic rings. The van der Waals surface area contributed by atoms with Gasteiger partial charge in [-0.1, -0.05) is 0 Å². The molecule has 0 radical (unpaired) electrons. The average molecular weight is 325 g/mol. The minimum absolute atomic E-state index is 0.137. The summed E-state index contributed by atoms with van der Waals surface area (Å²) in [4.78, 5) is 5.83. The molecule has 0 atom stereocenters. The van der Waals surface area contributed by atoms with Crippen LogP contribution < -0.4 is 9.88 Å². The normalized spacial score (nSPS) is 12.0. The van der Waals surface area contributed by atoms with Crippen LogP contribution in [0.15, 0.2) is 24.3 Å². The predicted molar refractivity (Wildman–Crippen MR) is 97.7 cm³/mol. The lowest BCUT2D eigenvalue weighted by atomic mass is 10.2. The van der Waals surface area contributed by atoms with Crippen LogP contribution in [0.2, 0.25) is 6.55 Å². The third-order valence-electron chi connectivity index (χ3n) is 3.29. The first-order valence-electron chi connectivity index (χ1n) is 8.28. The summed E-state index contributed by atoms with van der Waals surface area (Å²) in [6.45, 7) is 16.6. The van der Waals surface area contributed by atoms with Gasteiger partial charge in [-0.15, -0.1) is 0 Å². The Balaban J connectivity index is 2.85. The lowest BCUT2D eigenvalue weighted by Crippen LogP contribution is -2.50. The minimum Gasteiger partial charge on any atom is -0.376 e. The average Bonchev–Trinajstić information content (AvgIpc) is 2.39. The van der Waals surface area contributed by atoms with Gasteiger partial charge in [0, 0.05) is 36.7 Å². The van der Waals surface area contributed by atoms with Crippen molar-refractivity contribution in [3.8, 4) is 0 Å². The van der Waals surface area contributed by atoms with Crippen LogP contribution in [0, 0.1) is 0 Å². The zero-order chi connectivity index (χ0) is 16.8. The van der Waals surface area contributed by atoms with Crippen molar-refractivity contribution in [1.29, 1.82) is 0 Å². The molecule has 22 heavy (non-hydrogen) atoms. The Kier molecular flexibility index (Phi) is 7.39. The van der Waals surface area contributed by atoms with E-state index >= 15 is 0 Å². The Labute approximate surface area is 137 Å². The summed E-state index contributed by atoms with van der Waals surface area (Å²) < 4.78 is 12.1. The van der Waals surface area contributed by atoms with E-state index in [9.17, 15) is 0 Å². The number of rotatable bonds is 9. The van der Waals surface area contributed by atoms with Crippen molar-refractivity contribution in [3.63, 3.8) is 0 Å². The SMILES string of the molecule is CCN(CC)c1ccc(N[Si](C)(OC(C)C)OC(C)C)cc1. The molecule has 0 bridgehead atoms. The van der Waals surface area contributed by atoms with Crippen molar-refractivity contribution in [3.05, 3.63) is 24.3 Å². The van der Waals surface area contributed by atoms with E-state index in [1.54, 1.807) is 0 Å². The topological polar surface area (TPSA) is 33.7 Å². The van der Waals surface area contributed by atoms with Crippen molar-refractivity contribution >= 4 is 20.1 Å². The quantitative estimate of drug-likeness (QED) is 0.684. The molecule has 0 amide bonds. The van der Waals surface area contributed by atoms with Crippen molar-refractivity contribution in [2.75, 3.05) is 23.0 Å². The Morgan fingerprint density at radius 1 is 0.955 bits per heavy atom. The Bertz CT molecular complexity index is 421. The second-order valence-corrected chi connectivity index (χ2v) is 8.74. The molecule has 0 aromatic heterocycles. The molecule has 5 heteroatoms. The molecule has 1 aromatic carbocycles. The fourth-order valence-corrected chi connectivity index (χ4v) is 5.26. The van der Waals surface area contributed by atoms with Crippen LogP contribution >= 0.6 is 0 Å². The third-order valence-corrected chi connectivity index (χ3v) is 5.87. The van der Waals surface area contributed by atoms with Gasteiger partial charge in [-0.3, -0.25) is 0 Å². The Hall–Kier alpha value is -1.04. The van der Waals surface area contributed by atoms with Gasteiger partial charge in [0.25, 0.3) is 0 Å². The van der Waals surface area contributed by atoms with Crippen LogP contribution in [-0.2, 0) is 8.85 Å². The van der Waals surface area contributed by atoms with Crippen LogP contribution in [0.1, 0.15) is 41.5 Å². The van der Waals surface area contributed by atoms with E-state index in [2.05, 4.69) is 54.5 Å². The smallest absolute Gasteiger partial charge is 0.376 e. The molecule has 0 unspecified atom stereocenters. The Morgan fingerprint density at radius 3 is 1.77 bits per heavy atom. The highest BCUT2D eigenvalue weighted by Crippen LogP contribution is 2.21. The Morgan fingerprint density at radius 2 is 1.41 bits per heavy atom. The number of hydrogen-bond donors (Lipinski definition) is 1. The highest BCUT2D eigenvalue weighted by molar-refractivity contribution is 6.69. The van der Waals surface area contributed by atoms with Crippen molar-refractivity contribution in [1.82, 2.24) is 0 Å². The van der Waals surface area contributed by atoms with Gasteiger partial charge in [0.15, 0.2) is 0 Å². The van der Waals surface area contributed by atoms with Crippen LogP contribution in [0.25, 0.3) is 0 Å². The van der Waals surface area contributed by atoms with E-state index < -0.39 is 8.72 Å². The molecule has 0 saturated carbocycles. The number of benzene rings is 1. The van der Waals surface area contributed by atoms with Gasteiger partial charge in [0.1, 0.15) is 0 Å². The molecule has 0 spiro atoms. The maximum Gasteiger partial charge on any atom is 0.454 e. The number of anilines is 2. The van der Waals surface area contributed by atoms with Crippen LogP contribution in [0.5, 0.6) is 0 Å². The van der Waals surface area contributed by atoms with Gasteiger partial charge in [0.2, 0.25) is 0 Å². The van der Waals surface area contributed by atoms with E-state index in [0.29, 0.717) is 0 Å². The second kappa shape index (κ2) is 8.55. The molecular formula is C17H32N2O2Si. The minimum atomic E-state index is -2.44. The number of nitrogens with one attached hydrogen (secondary N) is 1. The second-order valence-electron chi connectivity index (χ2n) is 6.12. The molecular weight excluding hydrogens is 292 g/mol. The maximum atomic E-state index is 6.07. The van der Waals surface area contributed by atoms with Crippen molar-refractivity contribution in [2.45, 2.75) is 60.3 Å². The monoisotopic (exact) mass is 324 g/mol.